The number of aromatic nitrogens is 1. The van der Waals surface area contributed by atoms with Gasteiger partial charge in [0.1, 0.15) is 5.69 Å². The summed E-state index contributed by atoms with van der Waals surface area (Å²) in [5.74, 6) is 0.630. The minimum atomic E-state index is -0.281. The number of nitrogens with zero attached hydrogens (tertiary/aromatic N) is 2. The highest BCUT2D eigenvalue weighted by molar-refractivity contribution is 5.80. The topological polar surface area (TPSA) is 72.4 Å². The molecule has 1 saturated heterocycles. The van der Waals surface area contributed by atoms with Crippen molar-refractivity contribution in [3.05, 3.63) is 33.7 Å². The molecule has 1 aliphatic heterocycles. The van der Waals surface area contributed by atoms with Crippen LogP contribution in [0, 0.1) is 12.3 Å². The molecule has 1 atom stereocenters. The monoisotopic (exact) mass is 315 g/mol. The third kappa shape index (κ3) is 3.11. The first-order valence-electron chi connectivity index (χ1n) is 8.23. The lowest BCUT2D eigenvalue weighted by Gasteiger charge is -2.37. The fraction of sp³-hybridized carbons (Fsp3) is 0.556. The van der Waals surface area contributed by atoms with E-state index >= 15 is 0 Å². The predicted molar refractivity (Wildman–Crippen MR) is 92.8 cm³/mol. The van der Waals surface area contributed by atoms with Crippen molar-refractivity contribution in [2.75, 3.05) is 18.0 Å². The molecule has 0 bridgehead atoms. The summed E-state index contributed by atoms with van der Waals surface area (Å²) in [4.78, 5) is 19.2. The fourth-order valence-electron chi connectivity index (χ4n) is 3.10. The molecule has 3 rings (SSSR count). The average molecular weight is 315 g/mol. The van der Waals surface area contributed by atoms with Crippen LogP contribution in [-0.4, -0.2) is 18.1 Å². The highest BCUT2D eigenvalue weighted by atomic mass is 16.4. The van der Waals surface area contributed by atoms with Crippen LogP contribution in [0.1, 0.15) is 51.0 Å². The number of piperidine rings is 1. The molecule has 0 amide bonds. The smallest absolute Gasteiger partial charge is 0.200 e. The third-order valence-corrected chi connectivity index (χ3v) is 4.71. The minimum absolute atomic E-state index is 0.0292. The number of rotatable bonds is 2. The predicted octanol–water partition coefficient (Wildman–Crippen LogP) is 3.14. The van der Waals surface area contributed by atoms with E-state index in [0.29, 0.717) is 28.0 Å². The van der Waals surface area contributed by atoms with E-state index in [1.165, 1.54) is 0 Å². The highest BCUT2D eigenvalue weighted by Gasteiger charge is 2.27. The Morgan fingerprint density at radius 1 is 1.30 bits per heavy atom. The van der Waals surface area contributed by atoms with Gasteiger partial charge in [0.25, 0.3) is 0 Å². The molecule has 1 aliphatic rings. The fourth-order valence-corrected chi connectivity index (χ4v) is 3.10. The standard InChI is InChI=1S/C18H25N3O2/c1-11-9-13-14(22)10-15(21-7-5-18(3,4)6-8-21)23-17(13)16(20-11)12(2)19/h9-10,12H,5-8,19H2,1-4H3. The average Bonchev–Trinajstić information content (AvgIpc) is 2.47. The van der Waals surface area contributed by atoms with E-state index in [1.54, 1.807) is 12.1 Å². The van der Waals surface area contributed by atoms with Crippen molar-refractivity contribution in [3.8, 4) is 0 Å². The van der Waals surface area contributed by atoms with E-state index < -0.39 is 0 Å². The Labute approximate surface area is 136 Å². The number of hydrogen-bond donors (Lipinski definition) is 1. The molecule has 124 valence electrons. The molecule has 0 spiro atoms. The summed E-state index contributed by atoms with van der Waals surface area (Å²) >= 11 is 0. The number of hydrogen-bond acceptors (Lipinski definition) is 5. The quantitative estimate of drug-likeness (QED) is 0.921. The van der Waals surface area contributed by atoms with Crippen molar-refractivity contribution in [3.63, 3.8) is 0 Å². The second-order valence-corrected chi connectivity index (χ2v) is 7.41. The van der Waals surface area contributed by atoms with E-state index in [2.05, 4.69) is 23.7 Å². The molecule has 0 saturated carbocycles. The third-order valence-electron chi connectivity index (χ3n) is 4.71. The van der Waals surface area contributed by atoms with Crippen molar-refractivity contribution < 1.29 is 4.42 Å². The van der Waals surface area contributed by atoms with Gasteiger partial charge < -0.3 is 15.1 Å². The van der Waals surface area contributed by atoms with Crippen molar-refractivity contribution in [1.82, 2.24) is 4.98 Å². The summed E-state index contributed by atoms with van der Waals surface area (Å²) in [6, 6.07) is 3.09. The second kappa shape index (κ2) is 5.64. The maximum atomic E-state index is 12.5. The van der Waals surface area contributed by atoms with Crippen LogP contribution in [0.5, 0.6) is 0 Å². The van der Waals surface area contributed by atoms with Crippen molar-refractivity contribution in [1.29, 1.82) is 0 Å². The van der Waals surface area contributed by atoms with Crippen molar-refractivity contribution >= 4 is 16.9 Å². The van der Waals surface area contributed by atoms with E-state index in [1.807, 2.05) is 13.8 Å². The molecule has 1 unspecified atom stereocenters. The summed E-state index contributed by atoms with van der Waals surface area (Å²) in [6.07, 6.45) is 2.17. The van der Waals surface area contributed by atoms with Gasteiger partial charge >= 0.3 is 0 Å². The maximum Gasteiger partial charge on any atom is 0.200 e. The summed E-state index contributed by atoms with van der Waals surface area (Å²) in [6.45, 7) is 10.1. The van der Waals surface area contributed by atoms with Crippen LogP contribution < -0.4 is 16.1 Å². The lowest BCUT2D eigenvalue weighted by atomic mass is 9.83. The van der Waals surface area contributed by atoms with Crippen LogP contribution in [0.2, 0.25) is 0 Å². The molecule has 3 heterocycles. The van der Waals surface area contributed by atoms with E-state index in [0.717, 1.165) is 31.6 Å². The Hall–Kier alpha value is -1.88. The molecule has 0 aliphatic carbocycles. The summed E-state index contributed by atoms with van der Waals surface area (Å²) in [7, 11) is 0. The zero-order chi connectivity index (χ0) is 16.8. The maximum absolute atomic E-state index is 12.5. The van der Waals surface area contributed by atoms with Gasteiger partial charge in [0, 0.05) is 30.9 Å². The molecule has 0 aromatic carbocycles. The number of fused-ring (bicyclic) bond motifs is 1. The van der Waals surface area contributed by atoms with Gasteiger partial charge in [0.05, 0.1) is 5.39 Å². The van der Waals surface area contributed by atoms with Gasteiger partial charge in [-0.25, -0.2) is 0 Å². The summed E-state index contributed by atoms with van der Waals surface area (Å²) in [5, 5.41) is 0.561. The Bertz CT molecular complexity index is 783. The molecule has 5 heteroatoms. The van der Waals surface area contributed by atoms with Crippen molar-refractivity contribution in [2.24, 2.45) is 11.1 Å². The SMILES string of the molecule is Cc1cc2c(=O)cc(N3CCC(C)(C)CC3)oc2c(C(C)N)n1. The Balaban J connectivity index is 2.09. The van der Waals surface area contributed by atoms with Crippen LogP contribution in [-0.2, 0) is 0 Å². The zero-order valence-electron chi connectivity index (χ0n) is 14.3. The minimum Gasteiger partial charge on any atom is -0.438 e. The molecule has 23 heavy (non-hydrogen) atoms. The van der Waals surface area contributed by atoms with Crippen LogP contribution in [0.25, 0.3) is 11.0 Å². The first-order chi connectivity index (χ1) is 10.8. The lowest BCUT2D eigenvalue weighted by Crippen LogP contribution is -2.37. The largest absolute Gasteiger partial charge is 0.438 e. The Morgan fingerprint density at radius 2 is 1.96 bits per heavy atom. The summed E-state index contributed by atoms with van der Waals surface area (Å²) < 4.78 is 6.08. The Morgan fingerprint density at radius 3 is 2.57 bits per heavy atom. The first-order valence-corrected chi connectivity index (χ1v) is 8.23. The highest BCUT2D eigenvalue weighted by Crippen LogP contribution is 2.33. The first kappa shape index (κ1) is 16.0. The van der Waals surface area contributed by atoms with Crippen LogP contribution >= 0.6 is 0 Å². The molecular formula is C18H25N3O2. The summed E-state index contributed by atoms with van der Waals surface area (Å²) in [5.41, 5.74) is 8.30. The zero-order valence-corrected chi connectivity index (χ0v) is 14.3. The normalized spacial score (nSPS) is 19.1. The van der Waals surface area contributed by atoms with Gasteiger partial charge in [-0.1, -0.05) is 13.8 Å². The van der Waals surface area contributed by atoms with Gasteiger partial charge in [-0.05, 0) is 38.2 Å². The van der Waals surface area contributed by atoms with Gasteiger partial charge in [-0.15, -0.1) is 0 Å². The van der Waals surface area contributed by atoms with Gasteiger partial charge in [0.2, 0.25) is 0 Å². The molecule has 0 radical (unpaired) electrons. The molecule has 2 N–H and O–H groups in total. The number of pyridine rings is 1. The van der Waals surface area contributed by atoms with E-state index in [4.69, 9.17) is 10.2 Å². The Kier molecular flexibility index (Phi) is 3.92. The van der Waals surface area contributed by atoms with Crippen LogP contribution in [0.4, 0.5) is 5.88 Å². The van der Waals surface area contributed by atoms with Gasteiger partial charge in [-0.2, -0.15) is 0 Å². The molecule has 2 aromatic rings. The number of nitrogens with two attached hydrogens (primary N) is 1. The van der Waals surface area contributed by atoms with Gasteiger partial charge in [-0.3, -0.25) is 9.78 Å². The molecule has 1 fully saturated rings. The molecule has 2 aromatic heterocycles. The molecule has 5 nitrogen and oxygen atoms in total. The lowest BCUT2D eigenvalue weighted by molar-refractivity contribution is 0.274. The second-order valence-electron chi connectivity index (χ2n) is 7.41. The van der Waals surface area contributed by atoms with Crippen LogP contribution in [0.15, 0.2) is 21.3 Å². The molecular weight excluding hydrogens is 290 g/mol. The van der Waals surface area contributed by atoms with Crippen LogP contribution in [0.3, 0.4) is 0 Å². The van der Waals surface area contributed by atoms with E-state index in [9.17, 15) is 4.79 Å². The van der Waals surface area contributed by atoms with Crippen molar-refractivity contribution in [2.45, 2.75) is 46.6 Å². The van der Waals surface area contributed by atoms with Gasteiger partial charge in [0.15, 0.2) is 16.9 Å². The number of aryl methyl sites for hydroxylation is 1. The van der Waals surface area contributed by atoms with E-state index in [-0.39, 0.29) is 11.5 Å². The number of anilines is 1.